The lowest BCUT2D eigenvalue weighted by Gasteiger charge is -2.23. The average molecular weight is 354 g/mol. The molecule has 3 rings (SSSR count). The molecule has 2 amide bonds. The highest BCUT2D eigenvalue weighted by Gasteiger charge is 2.19. The van der Waals surface area contributed by atoms with Gasteiger partial charge in [0.25, 0.3) is 5.91 Å². The van der Waals surface area contributed by atoms with Crippen molar-refractivity contribution in [1.82, 2.24) is 5.32 Å². The normalized spacial score (nSPS) is 12.6. The Morgan fingerprint density at radius 2 is 1.77 bits per heavy atom. The summed E-state index contributed by atoms with van der Waals surface area (Å²) in [6.45, 7) is 6.28. The molecule has 0 fully saturated rings. The van der Waals surface area contributed by atoms with Crippen LogP contribution in [0.15, 0.2) is 42.5 Å². The Labute approximate surface area is 152 Å². The number of para-hydroxylation sites is 1. The zero-order valence-corrected chi connectivity index (χ0v) is 15.1. The van der Waals surface area contributed by atoms with Gasteiger partial charge in [0.05, 0.1) is 6.54 Å². The third-order valence-electron chi connectivity index (χ3n) is 4.05. The quantitative estimate of drug-likeness (QED) is 0.885. The van der Waals surface area contributed by atoms with Gasteiger partial charge in [0, 0.05) is 11.3 Å². The van der Waals surface area contributed by atoms with E-state index in [1.54, 1.807) is 18.2 Å². The van der Waals surface area contributed by atoms with Gasteiger partial charge < -0.3 is 20.1 Å². The summed E-state index contributed by atoms with van der Waals surface area (Å²) in [4.78, 5) is 24.5. The molecule has 6 heteroatoms. The summed E-state index contributed by atoms with van der Waals surface area (Å²) in [5.41, 5.74) is 2.11. The summed E-state index contributed by atoms with van der Waals surface area (Å²) in [7, 11) is 0. The van der Waals surface area contributed by atoms with Crippen LogP contribution in [0, 0.1) is 0 Å². The smallest absolute Gasteiger partial charge is 0.251 e. The van der Waals surface area contributed by atoms with Gasteiger partial charge in [-0.2, -0.15) is 0 Å². The van der Waals surface area contributed by atoms with E-state index in [1.165, 1.54) is 0 Å². The van der Waals surface area contributed by atoms with E-state index in [-0.39, 0.29) is 30.6 Å². The molecule has 0 aromatic heterocycles. The first-order chi connectivity index (χ1) is 12.3. The van der Waals surface area contributed by atoms with Gasteiger partial charge in [0.15, 0.2) is 11.5 Å². The number of benzene rings is 2. The minimum Gasteiger partial charge on any atom is -0.454 e. The second kappa shape index (κ2) is 7.07. The van der Waals surface area contributed by atoms with Gasteiger partial charge in [-0.3, -0.25) is 9.59 Å². The molecule has 2 aromatic carbocycles. The maximum atomic E-state index is 12.2. The maximum Gasteiger partial charge on any atom is 0.251 e. The summed E-state index contributed by atoms with van der Waals surface area (Å²) in [5.74, 6) is 0.512. The highest BCUT2D eigenvalue weighted by Crippen LogP contribution is 2.32. The lowest BCUT2D eigenvalue weighted by atomic mass is 9.86. The molecule has 0 saturated carbocycles. The van der Waals surface area contributed by atoms with Gasteiger partial charge in [-0.1, -0.05) is 39.0 Å². The molecule has 1 aliphatic rings. The number of fused-ring (bicyclic) bond motifs is 1. The molecule has 26 heavy (non-hydrogen) atoms. The van der Waals surface area contributed by atoms with Crippen molar-refractivity contribution in [3.63, 3.8) is 0 Å². The van der Waals surface area contributed by atoms with Gasteiger partial charge >= 0.3 is 0 Å². The van der Waals surface area contributed by atoms with E-state index in [0.29, 0.717) is 17.1 Å². The molecular weight excluding hydrogens is 332 g/mol. The number of carbonyl (C=O) groups is 2. The molecular formula is C20H22N2O4. The van der Waals surface area contributed by atoms with E-state index in [2.05, 4.69) is 31.4 Å². The number of amides is 2. The zero-order chi connectivity index (χ0) is 18.7. The van der Waals surface area contributed by atoms with Crippen molar-refractivity contribution in [3.05, 3.63) is 53.6 Å². The Morgan fingerprint density at radius 1 is 1.04 bits per heavy atom. The first-order valence-electron chi connectivity index (χ1n) is 8.42. The van der Waals surface area contributed by atoms with Crippen molar-refractivity contribution in [1.29, 1.82) is 0 Å². The number of hydrogen-bond donors (Lipinski definition) is 2. The fourth-order valence-electron chi connectivity index (χ4n) is 2.74. The fourth-order valence-corrected chi connectivity index (χ4v) is 2.74. The predicted molar refractivity (Wildman–Crippen MR) is 98.7 cm³/mol. The number of hydrogen-bond acceptors (Lipinski definition) is 4. The van der Waals surface area contributed by atoms with Crippen LogP contribution in [0.5, 0.6) is 11.5 Å². The van der Waals surface area contributed by atoms with E-state index >= 15 is 0 Å². The van der Waals surface area contributed by atoms with Crippen LogP contribution in [-0.4, -0.2) is 25.2 Å². The van der Waals surface area contributed by atoms with Crippen LogP contribution < -0.4 is 20.1 Å². The van der Waals surface area contributed by atoms with Crippen molar-refractivity contribution >= 4 is 17.5 Å². The molecule has 6 nitrogen and oxygen atoms in total. The Hall–Kier alpha value is -3.02. The molecule has 2 N–H and O–H groups in total. The third-order valence-corrected chi connectivity index (χ3v) is 4.05. The SMILES string of the molecule is CC(C)(C)c1ccccc1NC(=O)CNC(=O)c1ccc2c(c1)OCO2. The molecule has 1 aliphatic heterocycles. The monoisotopic (exact) mass is 354 g/mol. The minimum atomic E-state index is -0.345. The molecule has 0 radical (unpaired) electrons. The van der Waals surface area contributed by atoms with Crippen LogP contribution in [0.1, 0.15) is 36.7 Å². The number of anilines is 1. The van der Waals surface area contributed by atoms with Crippen molar-refractivity contribution in [2.24, 2.45) is 0 Å². The van der Waals surface area contributed by atoms with Crippen molar-refractivity contribution < 1.29 is 19.1 Å². The first kappa shape index (κ1) is 17.8. The molecule has 0 saturated heterocycles. The van der Waals surface area contributed by atoms with E-state index in [9.17, 15) is 9.59 Å². The molecule has 0 spiro atoms. The van der Waals surface area contributed by atoms with Gasteiger partial charge in [-0.05, 0) is 35.2 Å². The van der Waals surface area contributed by atoms with Crippen molar-refractivity contribution in [2.75, 3.05) is 18.7 Å². The fraction of sp³-hybridized carbons (Fsp3) is 0.300. The summed E-state index contributed by atoms with van der Waals surface area (Å²) in [6, 6.07) is 12.6. The van der Waals surface area contributed by atoms with Crippen LogP contribution >= 0.6 is 0 Å². The summed E-state index contributed by atoms with van der Waals surface area (Å²) in [6.07, 6.45) is 0. The summed E-state index contributed by atoms with van der Waals surface area (Å²) >= 11 is 0. The van der Waals surface area contributed by atoms with Crippen LogP contribution in [0.3, 0.4) is 0 Å². The van der Waals surface area contributed by atoms with Gasteiger partial charge in [0.2, 0.25) is 12.7 Å². The lowest BCUT2D eigenvalue weighted by molar-refractivity contribution is -0.115. The van der Waals surface area contributed by atoms with Crippen LogP contribution in [-0.2, 0) is 10.2 Å². The Morgan fingerprint density at radius 3 is 2.54 bits per heavy atom. The van der Waals surface area contributed by atoms with Crippen LogP contribution in [0.2, 0.25) is 0 Å². The number of rotatable bonds is 4. The molecule has 0 unspecified atom stereocenters. The Balaban J connectivity index is 1.60. The maximum absolute atomic E-state index is 12.2. The van der Waals surface area contributed by atoms with Crippen molar-refractivity contribution in [3.8, 4) is 11.5 Å². The standard InChI is InChI=1S/C20H22N2O4/c1-20(2,3)14-6-4-5-7-15(14)22-18(23)11-21-19(24)13-8-9-16-17(10-13)26-12-25-16/h4-10H,11-12H2,1-3H3,(H,21,24)(H,22,23). The van der Waals surface area contributed by atoms with E-state index in [0.717, 1.165) is 11.3 Å². The summed E-state index contributed by atoms with van der Waals surface area (Å²) in [5, 5.41) is 5.49. The minimum absolute atomic E-state index is 0.0976. The lowest BCUT2D eigenvalue weighted by Crippen LogP contribution is -2.33. The molecule has 2 aromatic rings. The Kier molecular flexibility index (Phi) is 4.84. The molecule has 0 bridgehead atoms. The van der Waals surface area contributed by atoms with Crippen molar-refractivity contribution in [2.45, 2.75) is 26.2 Å². The third kappa shape index (κ3) is 3.96. The number of ether oxygens (including phenoxy) is 2. The summed E-state index contributed by atoms with van der Waals surface area (Å²) < 4.78 is 10.5. The largest absolute Gasteiger partial charge is 0.454 e. The zero-order valence-electron chi connectivity index (χ0n) is 15.1. The van der Waals surface area contributed by atoms with Crippen LogP contribution in [0.25, 0.3) is 0 Å². The highest BCUT2D eigenvalue weighted by molar-refractivity contribution is 6.00. The number of carbonyl (C=O) groups excluding carboxylic acids is 2. The first-order valence-corrected chi connectivity index (χ1v) is 8.42. The molecule has 136 valence electrons. The second-order valence-corrected chi connectivity index (χ2v) is 7.09. The topological polar surface area (TPSA) is 76.7 Å². The van der Waals surface area contributed by atoms with E-state index in [1.807, 2.05) is 24.3 Å². The molecule has 0 aliphatic carbocycles. The van der Waals surface area contributed by atoms with Crippen LogP contribution in [0.4, 0.5) is 5.69 Å². The van der Waals surface area contributed by atoms with Gasteiger partial charge in [0.1, 0.15) is 0 Å². The van der Waals surface area contributed by atoms with E-state index < -0.39 is 0 Å². The van der Waals surface area contributed by atoms with Gasteiger partial charge in [-0.15, -0.1) is 0 Å². The highest BCUT2D eigenvalue weighted by atomic mass is 16.7. The van der Waals surface area contributed by atoms with E-state index in [4.69, 9.17) is 9.47 Å². The molecule has 0 atom stereocenters. The molecule has 1 heterocycles. The second-order valence-electron chi connectivity index (χ2n) is 7.09. The Bertz CT molecular complexity index is 840. The van der Waals surface area contributed by atoms with Gasteiger partial charge in [-0.25, -0.2) is 0 Å². The predicted octanol–water partition coefficient (Wildman–Crippen LogP) is 3.08. The number of nitrogens with one attached hydrogen (secondary N) is 2. The average Bonchev–Trinajstić information content (AvgIpc) is 3.07.